The molecule has 0 unspecified atom stereocenters. The molecule has 2 rings (SSSR count). The van der Waals surface area contributed by atoms with Gasteiger partial charge in [-0.15, -0.1) is 0 Å². The third kappa shape index (κ3) is 3.28. The minimum atomic E-state index is -5.81. The second-order valence-electron chi connectivity index (χ2n) is 4.21. The molecule has 1 aliphatic carbocycles. The van der Waals surface area contributed by atoms with E-state index in [1.807, 2.05) is 0 Å². The summed E-state index contributed by atoms with van der Waals surface area (Å²) in [6, 6.07) is 0. The van der Waals surface area contributed by atoms with Crippen LogP contribution in [-0.2, 0) is 14.9 Å². The highest BCUT2D eigenvalue weighted by molar-refractivity contribution is 7.88. The van der Waals surface area contributed by atoms with Crippen LogP contribution in [-0.4, -0.2) is 30.9 Å². The van der Waals surface area contributed by atoms with E-state index in [1.54, 1.807) is 6.92 Å². The van der Waals surface area contributed by atoms with Crippen molar-refractivity contribution in [2.24, 2.45) is 0 Å². The zero-order valence-corrected chi connectivity index (χ0v) is 12.3. The third-order valence-corrected chi connectivity index (χ3v) is 4.38. The Morgan fingerprint density at radius 3 is 2.52 bits per heavy atom. The normalized spacial score (nSPS) is 15.8. The van der Waals surface area contributed by atoms with E-state index in [9.17, 15) is 26.4 Å². The Morgan fingerprint density at radius 1 is 1.43 bits per heavy atom. The molecule has 1 aliphatic rings. The fraction of sp³-hybridized carbons (Fsp3) is 0.600. The van der Waals surface area contributed by atoms with Crippen molar-refractivity contribution >= 4 is 27.6 Å². The lowest BCUT2D eigenvalue weighted by molar-refractivity contribution is -0.0501. The number of ether oxygens (including phenoxy) is 1. The summed E-state index contributed by atoms with van der Waals surface area (Å²) >= 11 is 0.563. The molecule has 0 bridgehead atoms. The summed E-state index contributed by atoms with van der Waals surface area (Å²) in [5.41, 5.74) is -5.48. The molecule has 0 aliphatic heterocycles. The Bertz CT molecular complexity index is 648. The molecule has 21 heavy (non-hydrogen) atoms. The number of hydrogen-bond acceptors (Lipinski definition) is 7. The molecule has 0 atom stereocenters. The van der Waals surface area contributed by atoms with E-state index >= 15 is 0 Å². The van der Waals surface area contributed by atoms with Crippen LogP contribution in [0.5, 0.6) is 5.88 Å². The van der Waals surface area contributed by atoms with Crippen molar-refractivity contribution in [1.29, 1.82) is 0 Å². The average Bonchev–Trinajstić information content (AvgIpc) is 3.10. The summed E-state index contributed by atoms with van der Waals surface area (Å²) in [5.74, 6) is -1.68. The smallest absolute Gasteiger partial charge is 0.462 e. The first-order valence-electron chi connectivity index (χ1n) is 5.84. The van der Waals surface area contributed by atoms with Crippen molar-refractivity contribution in [3.05, 3.63) is 10.4 Å². The molecule has 11 heteroatoms. The van der Waals surface area contributed by atoms with Crippen LogP contribution in [0.1, 0.15) is 40.9 Å². The van der Waals surface area contributed by atoms with Gasteiger partial charge in [0.15, 0.2) is 0 Å². The monoisotopic (exact) mass is 345 g/mol. The summed E-state index contributed by atoms with van der Waals surface area (Å²) in [7, 11) is -5.81. The van der Waals surface area contributed by atoms with Gasteiger partial charge in [0, 0.05) is 5.56 Å². The molecular weight excluding hydrogens is 335 g/mol. The molecule has 1 saturated carbocycles. The SMILES string of the molecule is CCOC(=O)c1snc(OS(=O)(=O)C(F)(F)F)c1C1CC1. The van der Waals surface area contributed by atoms with Crippen LogP contribution in [0.2, 0.25) is 0 Å². The van der Waals surface area contributed by atoms with Crippen molar-refractivity contribution in [2.45, 2.75) is 31.2 Å². The molecule has 0 saturated heterocycles. The Labute approximate surface area is 122 Å². The summed E-state index contributed by atoms with van der Waals surface area (Å²) in [6.45, 7) is 1.65. The molecule has 0 aromatic carbocycles. The lowest BCUT2D eigenvalue weighted by atomic mass is 10.2. The van der Waals surface area contributed by atoms with Crippen LogP contribution in [0.25, 0.3) is 0 Å². The molecule has 6 nitrogen and oxygen atoms in total. The Morgan fingerprint density at radius 2 is 2.05 bits per heavy atom. The van der Waals surface area contributed by atoms with Crippen LogP contribution in [0, 0.1) is 0 Å². The third-order valence-electron chi connectivity index (χ3n) is 2.61. The lowest BCUT2D eigenvalue weighted by Crippen LogP contribution is -2.28. The zero-order valence-electron chi connectivity index (χ0n) is 10.6. The minimum absolute atomic E-state index is 0.0216. The van der Waals surface area contributed by atoms with E-state index in [0.29, 0.717) is 24.4 Å². The Hall–Kier alpha value is -1.36. The topological polar surface area (TPSA) is 82.6 Å². The number of alkyl halides is 3. The molecule has 0 amide bonds. The first-order valence-corrected chi connectivity index (χ1v) is 8.03. The second-order valence-corrected chi connectivity index (χ2v) is 6.52. The fourth-order valence-corrected chi connectivity index (χ4v) is 2.84. The number of carbonyl (C=O) groups is 1. The van der Waals surface area contributed by atoms with Crippen LogP contribution < -0.4 is 4.18 Å². The maximum Gasteiger partial charge on any atom is 0.534 e. The molecule has 118 valence electrons. The molecular formula is C10H10F3NO5S2. The van der Waals surface area contributed by atoms with Crippen LogP contribution >= 0.6 is 11.5 Å². The number of esters is 1. The van der Waals surface area contributed by atoms with Crippen molar-refractivity contribution in [2.75, 3.05) is 6.61 Å². The molecule has 1 heterocycles. The number of nitrogens with zero attached hydrogens (tertiary/aromatic N) is 1. The van der Waals surface area contributed by atoms with E-state index in [4.69, 9.17) is 4.74 Å². The van der Waals surface area contributed by atoms with Gasteiger partial charge in [0.2, 0.25) is 5.88 Å². The van der Waals surface area contributed by atoms with E-state index in [0.717, 1.165) is 0 Å². The van der Waals surface area contributed by atoms with Gasteiger partial charge in [-0.3, -0.25) is 0 Å². The maximum absolute atomic E-state index is 12.3. The van der Waals surface area contributed by atoms with Gasteiger partial charge in [-0.25, -0.2) is 4.79 Å². The van der Waals surface area contributed by atoms with E-state index in [-0.39, 0.29) is 23.0 Å². The largest absolute Gasteiger partial charge is 0.534 e. The first kappa shape index (κ1) is 16.0. The number of carbonyl (C=O) groups excluding carboxylic acids is 1. The standard InChI is InChI=1S/C10H10F3NO5S2/c1-2-18-9(15)7-6(5-3-4-5)8(14-20-7)19-21(16,17)10(11,12)13/h5H,2-4H2,1H3. The van der Waals surface area contributed by atoms with Crippen LogP contribution in [0.3, 0.4) is 0 Å². The lowest BCUT2D eigenvalue weighted by Gasteiger charge is -2.09. The maximum atomic E-state index is 12.3. The number of hydrogen-bond donors (Lipinski definition) is 0. The van der Waals surface area contributed by atoms with Gasteiger partial charge in [0.1, 0.15) is 4.88 Å². The summed E-state index contributed by atoms with van der Waals surface area (Å²) in [5, 5.41) is 0. The highest BCUT2D eigenvalue weighted by Crippen LogP contribution is 2.48. The predicted octanol–water partition coefficient (Wildman–Crippen LogP) is 2.43. The number of rotatable bonds is 5. The summed E-state index contributed by atoms with van der Waals surface area (Å²) < 4.78 is 71.3. The Balaban J connectivity index is 2.36. The van der Waals surface area contributed by atoms with Crippen molar-refractivity contribution in [3.63, 3.8) is 0 Å². The molecule has 1 aromatic heterocycles. The first-order chi connectivity index (χ1) is 9.67. The second kappa shape index (κ2) is 5.44. The van der Waals surface area contributed by atoms with Gasteiger partial charge < -0.3 is 8.92 Å². The van der Waals surface area contributed by atoms with Gasteiger partial charge in [-0.1, -0.05) is 0 Å². The van der Waals surface area contributed by atoms with Gasteiger partial charge in [-0.05, 0) is 37.2 Å². The highest BCUT2D eigenvalue weighted by atomic mass is 32.2. The number of halogens is 3. The van der Waals surface area contributed by atoms with Crippen molar-refractivity contribution in [3.8, 4) is 5.88 Å². The van der Waals surface area contributed by atoms with E-state index in [1.165, 1.54) is 0 Å². The van der Waals surface area contributed by atoms with Crippen molar-refractivity contribution in [1.82, 2.24) is 4.37 Å². The van der Waals surface area contributed by atoms with Gasteiger partial charge in [-0.2, -0.15) is 26.0 Å². The highest BCUT2D eigenvalue weighted by Gasteiger charge is 2.50. The van der Waals surface area contributed by atoms with Crippen LogP contribution in [0.4, 0.5) is 13.2 Å². The van der Waals surface area contributed by atoms with E-state index in [2.05, 4.69) is 8.56 Å². The Kier molecular flexibility index (Phi) is 4.15. The van der Waals surface area contributed by atoms with Gasteiger partial charge in [0.25, 0.3) is 0 Å². The average molecular weight is 345 g/mol. The fourth-order valence-electron chi connectivity index (χ4n) is 1.57. The minimum Gasteiger partial charge on any atom is -0.462 e. The quantitative estimate of drug-likeness (QED) is 0.463. The molecule has 1 aromatic rings. The van der Waals surface area contributed by atoms with Gasteiger partial charge in [0.05, 0.1) is 6.61 Å². The number of aromatic nitrogens is 1. The van der Waals surface area contributed by atoms with E-state index < -0.39 is 27.5 Å². The summed E-state index contributed by atoms with van der Waals surface area (Å²) in [4.78, 5) is 11.7. The molecule has 1 fully saturated rings. The summed E-state index contributed by atoms with van der Waals surface area (Å²) in [6.07, 6.45) is 1.24. The van der Waals surface area contributed by atoms with Crippen molar-refractivity contribution < 1.29 is 35.3 Å². The van der Waals surface area contributed by atoms with Gasteiger partial charge >= 0.3 is 21.6 Å². The molecule has 0 radical (unpaired) electrons. The molecule has 0 spiro atoms. The zero-order chi connectivity index (χ0) is 15.8. The predicted molar refractivity (Wildman–Crippen MR) is 65.6 cm³/mol. The molecule has 0 N–H and O–H groups in total. The van der Waals surface area contributed by atoms with Crippen LogP contribution in [0.15, 0.2) is 0 Å².